The molecule has 1 amide bonds. The van der Waals surface area contributed by atoms with Crippen molar-refractivity contribution in [3.05, 3.63) is 58.1 Å². The van der Waals surface area contributed by atoms with E-state index in [1.807, 2.05) is 42.5 Å². The number of benzene rings is 2. The monoisotopic (exact) mass is 469 g/mol. The van der Waals surface area contributed by atoms with Gasteiger partial charge in [-0.1, -0.05) is 43.7 Å². The van der Waals surface area contributed by atoms with E-state index in [9.17, 15) is 4.79 Å². The second-order valence-corrected chi connectivity index (χ2v) is 7.04. The molecular formula is C21H27BrClN2O3-. The van der Waals surface area contributed by atoms with Crippen LogP contribution < -0.4 is 32.5 Å². The fourth-order valence-corrected chi connectivity index (χ4v) is 3.14. The molecule has 2 rings (SSSR count). The maximum absolute atomic E-state index is 12.1. The molecule has 0 aliphatic heterocycles. The highest BCUT2D eigenvalue weighted by atomic mass is 79.9. The minimum Gasteiger partial charge on any atom is -1.00 e. The third-order valence-corrected chi connectivity index (χ3v) is 4.59. The smallest absolute Gasteiger partial charge is 0.258 e. The van der Waals surface area contributed by atoms with Crippen LogP contribution in [0.2, 0.25) is 0 Å². The lowest BCUT2D eigenvalue weighted by atomic mass is 10.2. The average Bonchev–Trinajstić information content (AvgIpc) is 2.69. The third-order valence-electron chi connectivity index (χ3n) is 4.01. The molecule has 0 bridgehead atoms. The highest BCUT2D eigenvalue weighted by molar-refractivity contribution is 9.10. The standard InChI is InChI=1S/C21H27BrN2O3.ClH/c1-3-4-10-23-13-17-11-18(22)21(19(12-17)26-2)27-15-20(25)24-14-16-8-6-5-7-9-16;/h5-9,11-12,23H,3-4,10,13-15H2,1-2H3,(H,24,25);1H/p-1. The van der Waals surface area contributed by atoms with Crippen molar-refractivity contribution >= 4 is 21.8 Å². The number of nitrogens with one attached hydrogen (secondary N) is 2. The molecule has 0 spiro atoms. The Kier molecular flexibility index (Phi) is 11.6. The highest BCUT2D eigenvalue weighted by Crippen LogP contribution is 2.36. The number of ether oxygens (including phenoxy) is 2. The van der Waals surface area contributed by atoms with Crippen molar-refractivity contribution in [2.24, 2.45) is 0 Å². The summed E-state index contributed by atoms with van der Waals surface area (Å²) in [5.41, 5.74) is 2.14. The van der Waals surface area contributed by atoms with Gasteiger partial charge >= 0.3 is 0 Å². The maximum Gasteiger partial charge on any atom is 0.258 e. The van der Waals surface area contributed by atoms with Crippen molar-refractivity contribution in [3.63, 3.8) is 0 Å². The summed E-state index contributed by atoms with van der Waals surface area (Å²) in [5.74, 6) is 0.954. The van der Waals surface area contributed by atoms with Gasteiger partial charge in [-0.3, -0.25) is 4.79 Å². The molecule has 154 valence electrons. The summed E-state index contributed by atoms with van der Waals surface area (Å²) in [6.07, 6.45) is 2.32. The molecule has 0 fully saturated rings. The van der Waals surface area contributed by atoms with E-state index in [0.717, 1.165) is 35.1 Å². The second kappa shape index (κ2) is 13.4. The molecule has 7 heteroatoms. The van der Waals surface area contributed by atoms with E-state index in [1.54, 1.807) is 7.11 Å². The molecule has 0 saturated carbocycles. The summed E-state index contributed by atoms with van der Waals surface area (Å²) in [7, 11) is 1.60. The highest BCUT2D eigenvalue weighted by Gasteiger charge is 2.13. The fourth-order valence-electron chi connectivity index (χ4n) is 2.54. The number of hydrogen-bond donors (Lipinski definition) is 2. The summed E-state index contributed by atoms with van der Waals surface area (Å²) in [5, 5.41) is 6.25. The lowest BCUT2D eigenvalue weighted by molar-refractivity contribution is -0.123. The van der Waals surface area contributed by atoms with Gasteiger partial charge in [0.15, 0.2) is 18.1 Å². The number of carbonyl (C=O) groups is 1. The SMILES string of the molecule is CCCCNCc1cc(Br)c(OCC(=O)NCc2ccccc2)c(OC)c1.[Cl-]. The van der Waals surface area contributed by atoms with E-state index in [4.69, 9.17) is 9.47 Å². The Morgan fingerprint density at radius 2 is 1.86 bits per heavy atom. The first-order chi connectivity index (χ1) is 13.1. The Labute approximate surface area is 181 Å². The number of amides is 1. The molecular weight excluding hydrogens is 444 g/mol. The number of unbranched alkanes of at least 4 members (excludes halogenated alkanes) is 1. The van der Waals surface area contributed by atoms with Crippen LogP contribution in [0, 0.1) is 0 Å². The second-order valence-electron chi connectivity index (χ2n) is 6.19. The van der Waals surface area contributed by atoms with Crippen LogP contribution in [0.4, 0.5) is 0 Å². The van der Waals surface area contributed by atoms with Gasteiger partial charge in [0.2, 0.25) is 0 Å². The predicted octanol–water partition coefficient (Wildman–Crippen LogP) is 1.05. The number of hydrogen-bond acceptors (Lipinski definition) is 4. The molecule has 2 N–H and O–H groups in total. The topological polar surface area (TPSA) is 59.6 Å². The molecule has 0 aromatic heterocycles. The Morgan fingerprint density at radius 1 is 1.11 bits per heavy atom. The number of methoxy groups -OCH3 is 1. The van der Waals surface area contributed by atoms with Crippen molar-refractivity contribution in [1.29, 1.82) is 0 Å². The van der Waals surface area contributed by atoms with E-state index in [-0.39, 0.29) is 24.9 Å². The summed E-state index contributed by atoms with van der Waals surface area (Å²) < 4.78 is 11.9. The molecule has 2 aromatic rings. The van der Waals surface area contributed by atoms with Crippen molar-refractivity contribution in [3.8, 4) is 11.5 Å². The van der Waals surface area contributed by atoms with Gasteiger partial charge in [0, 0.05) is 13.1 Å². The van der Waals surface area contributed by atoms with E-state index < -0.39 is 0 Å². The first-order valence-corrected chi connectivity index (χ1v) is 9.94. The minimum atomic E-state index is -0.182. The average molecular weight is 471 g/mol. The molecule has 28 heavy (non-hydrogen) atoms. The normalized spacial score (nSPS) is 10.1. The zero-order chi connectivity index (χ0) is 19.5. The van der Waals surface area contributed by atoms with Gasteiger partial charge in [-0.2, -0.15) is 0 Å². The van der Waals surface area contributed by atoms with Crippen LogP contribution in [0.25, 0.3) is 0 Å². The first-order valence-electron chi connectivity index (χ1n) is 9.14. The van der Waals surface area contributed by atoms with Gasteiger partial charge in [0.1, 0.15) is 0 Å². The van der Waals surface area contributed by atoms with E-state index in [0.29, 0.717) is 18.0 Å². The molecule has 2 aromatic carbocycles. The molecule has 0 atom stereocenters. The van der Waals surface area contributed by atoms with Gasteiger partial charge in [-0.15, -0.1) is 0 Å². The molecule has 0 aliphatic rings. The molecule has 0 saturated heterocycles. The fraction of sp³-hybridized carbons (Fsp3) is 0.381. The van der Waals surface area contributed by atoms with Gasteiger partial charge in [0.05, 0.1) is 11.6 Å². The van der Waals surface area contributed by atoms with Crippen LogP contribution in [-0.4, -0.2) is 26.2 Å². The largest absolute Gasteiger partial charge is 1.00 e. The lowest BCUT2D eigenvalue weighted by Gasteiger charge is -2.15. The zero-order valence-corrected chi connectivity index (χ0v) is 18.6. The number of carbonyl (C=O) groups excluding carboxylic acids is 1. The maximum atomic E-state index is 12.1. The van der Waals surface area contributed by atoms with Crippen LogP contribution in [0.1, 0.15) is 30.9 Å². The summed E-state index contributed by atoms with van der Waals surface area (Å²) in [6.45, 7) is 4.31. The molecule has 0 aliphatic carbocycles. The molecule has 5 nitrogen and oxygen atoms in total. The molecule has 0 heterocycles. The molecule has 0 unspecified atom stereocenters. The Morgan fingerprint density at radius 3 is 2.54 bits per heavy atom. The van der Waals surface area contributed by atoms with Gasteiger partial charge in [0.25, 0.3) is 5.91 Å². The van der Waals surface area contributed by atoms with Crippen LogP contribution in [-0.2, 0) is 17.9 Å². The summed E-state index contributed by atoms with van der Waals surface area (Å²) in [4.78, 5) is 12.1. The van der Waals surface area contributed by atoms with Crippen LogP contribution in [0.5, 0.6) is 11.5 Å². The van der Waals surface area contributed by atoms with Crippen LogP contribution >= 0.6 is 15.9 Å². The minimum absolute atomic E-state index is 0. The molecule has 0 radical (unpaired) electrons. The third kappa shape index (κ3) is 8.09. The van der Waals surface area contributed by atoms with Gasteiger partial charge < -0.3 is 32.5 Å². The van der Waals surface area contributed by atoms with Crippen molar-refractivity contribution in [2.45, 2.75) is 32.9 Å². The van der Waals surface area contributed by atoms with Gasteiger partial charge in [-0.25, -0.2) is 0 Å². The summed E-state index contributed by atoms with van der Waals surface area (Å²) >= 11 is 3.52. The van der Waals surface area contributed by atoms with Crippen LogP contribution in [0.3, 0.4) is 0 Å². The van der Waals surface area contributed by atoms with Crippen LogP contribution in [0.15, 0.2) is 46.9 Å². The predicted molar refractivity (Wildman–Crippen MR) is 111 cm³/mol. The van der Waals surface area contributed by atoms with Crippen molar-refractivity contribution < 1.29 is 26.7 Å². The van der Waals surface area contributed by atoms with E-state index in [1.165, 1.54) is 6.42 Å². The Hall–Kier alpha value is -1.76. The summed E-state index contributed by atoms with van der Waals surface area (Å²) in [6, 6.07) is 13.7. The first kappa shape index (κ1) is 24.3. The zero-order valence-electron chi connectivity index (χ0n) is 16.3. The quantitative estimate of drug-likeness (QED) is 0.482. The number of halogens is 2. The van der Waals surface area contributed by atoms with E-state index >= 15 is 0 Å². The Balaban J connectivity index is 0.00000392. The van der Waals surface area contributed by atoms with Crippen molar-refractivity contribution in [2.75, 3.05) is 20.3 Å². The number of rotatable bonds is 11. The lowest BCUT2D eigenvalue weighted by Crippen LogP contribution is -3.00. The van der Waals surface area contributed by atoms with E-state index in [2.05, 4.69) is 33.5 Å². The Bertz CT molecular complexity index is 729. The van der Waals surface area contributed by atoms with Gasteiger partial charge in [-0.05, 0) is 52.2 Å². The van der Waals surface area contributed by atoms with Crippen molar-refractivity contribution in [1.82, 2.24) is 10.6 Å².